The van der Waals surface area contributed by atoms with Gasteiger partial charge in [0.05, 0.1) is 7.11 Å². The van der Waals surface area contributed by atoms with Crippen LogP contribution in [0.1, 0.15) is 42.5 Å². The molecule has 0 heterocycles. The number of ether oxygens (including phenoxy) is 1. The van der Waals surface area contributed by atoms with E-state index in [-0.39, 0.29) is 11.7 Å². The van der Waals surface area contributed by atoms with E-state index in [9.17, 15) is 9.59 Å². The zero-order chi connectivity index (χ0) is 15.5. The molecule has 1 aromatic rings. The highest BCUT2D eigenvalue weighted by Crippen LogP contribution is 2.13. The molecular weight excluding hydrogens is 268 g/mol. The van der Waals surface area contributed by atoms with Gasteiger partial charge < -0.3 is 15.8 Å². The molecule has 0 atom stereocenters. The number of ketones is 1. The minimum atomic E-state index is -0.00504. The summed E-state index contributed by atoms with van der Waals surface area (Å²) in [6.07, 6.45) is 3.13. The van der Waals surface area contributed by atoms with E-state index >= 15 is 0 Å². The lowest BCUT2D eigenvalue weighted by Crippen LogP contribution is -2.24. The second-order valence-electron chi connectivity index (χ2n) is 4.85. The number of benzene rings is 1. The van der Waals surface area contributed by atoms with Crippen LogP contribution in [0.5, 0.6) is 5.75 Å². The molecule has 0 bridgehead atoms. The molecule has 0 aliphatic rings. The zero-order valence-corrected chi connectivity index (χ0v) is 12.6. The van der Waals surface area contributed by atoms with Gasteiger partial charge in [0.25, 0.3) is 0 Å². The van der Waals surface area contributed by atoms with Gasteiger partial charge in [0.1, 0.15) is 5.75 Å². The van der Waals surface area contributed by atoms with Gasteiger partial charge in [-0.15, -0.1) is 0 Å². The normalized spacial score (nSPS) is 10.2. The summed E-state index contributed by atoms with van der Waals surface area (Å²) in [6, 6.07) is 7.01. The highest BCUT2D eigenvalue weighted by molar-refractivity contribution is 5.96. The standard InChI is InChI=1S/C16H24N2O3/c1-21-14-9-7-13(8-10-14)15(19)5-4-6-16(20)18-12-3-2-11-17/h7-10H,2-6,11-12,17H2,1H3,(H,18,20). The second-order valence-corrected chi connectivity index (χ2v) is 4.85. The summed E-state index contributed by atoms with van der Waals surface area (Å²) in [5, 5.41) is 2.82. The Morgan fingerprint density at radius 1 is 1.10 bits per heavy atom. The number of rotatable bonds is 10. The number of hydrogen-bond donors (Lipinski definition) is 2. The van der Waals surface area contributed by atoms with Gasteiger partial charge in [-0.2, -0.15) is 0 Å². The molecule has 5 nitrogen and oxygen atoms in total. The molecule has 0 aliphatic carbocycles. The largest absolute Gasteiger partial charge is 0.497 e. The van der Waals surface area contributed by atoms with Crippen LogP contribution in [0.25, 0.3) is 0 Å². The summed E-state index contributed by atoms with van der Waals surface area (Å²) in [5.74, 6) is 0.770. The first-order valence-electron chi connectivity index (χ1n) is 7.31. The van der Waals surface area contributed by atoms with Crippen LogP contribution in [0.15, 0.2) is 24.3 Å². The summed E-state index contributed by atoms with van der Waals surface area (Å²) >= 11 is 0. The quantitative estimate of drug-likeness (QED) is 0.510. The number of carbonyl (C=O) groups excluding carboxylic acids is 2. The molecule has 0 aliphatic heterocycles. The molecule has 3 N–H and O–H groups in total. The van der Waals surface area contributed by atoms with E-state index in [1.54, 1.807) is 31.4 Å². The average Bonchev–Trinajstić information content (AvgIpc) is 2.51. The van der Waals surface area contributed by atoms with Crippen molar-refractivity contribution in [3.63, 3.8) is 0 Å². The van der Waals surface area contributed by atoms with Gasteiger partial charge in [0.15, 0.2) is 5.78 Å². The molecule has 5 heteroatoms. The van der Waals surface area contributed by atoms with Crippen LogP contribution < -0.4 is 15.8 Å². The molecule has 0 unspecified atom stereocenters. The zero-order valence-electron chi connectivity index (χ0n) is 12.6. The molecule has 1 rings (SSSR count). The molecule has 0 saturated carbocycles. The van der Waals surface area contributed by atoms with E-state index in [0.717, 1.165) is 18.6 Å². The van der Waals surface area contributed by atoms with E-state index in [1.165, 1.54) is 0 Å². The summed E-state index contributed by atoms with van der Waals surface area (Å²) in [5.41, 5.74) is 6.03. The Morgan fingerprint density at radius 3 is 2.43 bits per heavy atom. The van der Waals surface area contributed by atoms with E-state index in [1.807, 2.05) is 0 Å². The van der Waals surface area contributed by atoms with E-state index in [4.69, 9.17) is 10.5 Å². The van der Waals surface area contributed by atoms with Crippen molar-refractivity contribution >= 4 is 11.7 Å². The van der Waals surface area contributed by atoms with Gasteiger partial charge in [-0.1, -0.05) is 0 Å². The first-order valence-corrected chi connectivity index (χ1v) is 7.31. The molecule has 1 aromatic carbocycles. The Hall–Kier alpha value is -1.88. The van der Waals surface area contributed by atoms with Crippen molar-refractivity contribution in [3.05, 3.63) is 29.8 Å². The molecule has 116 valence electrons. The number of unbranched alkanes of at least 4 members (excludes halogenated alkanes) is 1. The lowest BCUT2D eigenvalue weighted by atomic mass is 10.1. The van der Waals surface area contributed by atoms with E-state index < -0.39 is 0 Å². The van der Waals surface area contributed by atoms with Crippen molar-refractivity contribution < 1.29 is 14.3 Å². The van der Waals surface area contributed by atoms with E-state index in [2.05, 4.69) is 5.32 Å². The summed E-state index contributed by atoms with van der Waals surface area (Å²) < 4.78 is 5.04. The number of hydrogen-bond acceptors (Lipinski definition) is 4. The third kappa shape index (κ3) is 6.90. The van der Waals surface area contributed by atoms with Crippen LogP contribution in [-0.2, 0) is 4.79 Å². The minimum Gasteiger partial charge on any atom is -0.497 e. The lowest BCUT2D eigenvalue weighted by Gasteiger charge is -2.05. The second kappa shape index (κ2) is 9.94. The first kappa shape index (κ1) is 17.2. The van der Waals surface area contributed by atoms with Gasteiger partial charge in [0.2, 0.25) is 5.91 Å². The maximum atomic E-state index is 11.9. The van der Waals surface area contributed by atoms with Gasteiger partial charge >= 0.3 is 0 Å². The average molecular weight is 292 g/mol. The maximum absolute atomic E-state index is 11.9. The number of amides is 1. The van der Waals surface area contributed by atoms with Crippen LogP contribution in [-0.4, -0.2) is 31.9 Å². The van der Waals surface area contributed by atoms with Crippen molar-refractivity contribution in [1.82, 2.24) is 5.32 Å². The fourth-order valence-corrected chi connectivity index (χ4v) is 1.92. The van der Waals surface area contributed by atoms with Gasteiger partial charge in [-0.05, 0) is 50.1 Å². The van der Waals surface area contributed by atoms with Crippen LogP contribution in [0, 0.1) is 0 Å². The molecular formula is C16H24N2O3. The molecule has 21 heavy (non-hydrogen) atoms. The topological polar surface area (TPSA) is 81.4 Å². The number of nitrogens with one attached hydrogen (secondary N) is 1. The molecule has 0 fully saturated rings. The predicted molar refractivity (Wildman–Crippen MR) is 82.5 cm³/mol. The summed E-state index contributed by atoms with van der Waals surface area (Å²) in [6.45, 7) is 1.30. The lowest BCUT2D eigenvalue weighted by molar-refractivity contribution is -0.121. The fourth-order valence-electron chi connectivity index (χ4n) is 1.92. The Morgan fingerprint density at radius 2 is 1.81 bits per heavy atom. The Balaban J connectivity index is 2.21. The third-order valence-corrected chi connectivity index (χ3v) is 3.17. The molecule has 1 amide bonds. The number of methoxy groups -OCH3 is 1. The first-order chi connectivity index (χ1) is 10.2. The Bertz CT molecular complexity index is 443. The highest BCUT2D eigenvalue weighted by atomic mass is 16.5. The summed E-state index contributed by atoms with van der Waals surface area (Å²) in [4.78, 5) is 23.5. The van der Waals surface area contributed by atoms with Crippen molar-refractivity contribution in [1.29, 1.82) is 0 Å². The van der Waals surface area contributed by atoms with E-state index in [0.29, 0.717) is 37.9 Å². The predicted octanol–water partition coefficient (Wildman–Crippen LogP) is 1.90. The van der Waals surface area contributed by atoms with Gasteiger partial charge in [-0.3, -0.25) is 9.59 Å². The van der Waals surface area contributed by atoms with Crippen molar-refractivity contribution in [2.24, 2.45) is 5.73 Å². The van der Waals surface area contributed by atoms with Crippen LogP contribution >= 0.6 is 0 Å². The molecule has 0 aromatic heterocycles. The van der Waals surface area contributed by atoms with Gasteiger partial charge in [-0.25, -0.2) is 0 Å². The van der Waals surface area contributed by atoms with Crippen LogP contribution in [0.2, 0.25) is 0 Å². The maximum Gasteiger partial charge on any atom is 0.220 e. The summed E-state index contributed by atoms with van der Waals surface area (Å²) in [7, 11) is 1.59. The van der Waals surface area contributed by atoms with Crippen LogP contribution in [0.3, 0.4) is 0 Å². The van der Waals surface area contributed by atoms with Gasteiger partial charge in [0, 0.05) is 24.9 Å². The van der Waals surface area contributed by atoms with Crippen molar-refractivity contribution in [3.8, 4) is 5.75 Å². The highest BCUT2D eigenvalue weighted by Gasteiger charge is 2.07. The SMILES string of the molecule is COc1ccc(C(=O)CCCC(=O)NCCCCN)cc1. The van der Waals surface area contributed by atoms with Crippen LogP contribution in [0.4, 0.5) is 0 Å². The fraction of sp³-hybridized carbons (Fsp3) is 0.500. The number of Topliss-reactive ketones (excluding diaryl/α,β-unsaturated/α-hetero) is 1. The molecule has 0 spiro atoms. The third-order valence-electron chi connectivity index (χ3n) is 3.17. The van der Waals surface area contributed by atoms with Crippen molar-refractivity contribution in [2.45, 2.75) is 32.1 Å². The minimum absolute atomic E-state index is 0.00504. The number of carbonyl (C=O) groups is 2. The number of nitrogens with two attached hydrogens (primary N) is 1. The molecule has 0 saturated heterocycles. The smallest absolute Gasteiger partial charge is 0.220 e. The Labute approximate surface area is 125 Å². The van der Waals surface area contributed by atoms with Crippen molar-refractivity contribution in [2.75, 3.05) is 20.2 Å². The molecule has 0 radical (unpaired) electrons. The Kier molecular flexibility index (Phi) is 8.12. The monoisotopic (exact) mass is 292 g/mol.